The third-order valence-corrected chi connectivity index (χ3v) is 5.24. The van der Waals surface area contributed by atoms with E-state index in [9.17, 15) is 8.78 Å². The minimum Gasteiger partial charge on any atom is -0.434 e. The molecule has 0 aromatic heterocycles. The van der Waals surface area contributed by atoms with E-state index in [0.29, 0.717) is 0 Å². The van der Waals surface area contributed by atoms with Gasteiger partial charge in [0.25, 0.3) is 0 Å². The molecule has 0 aliphatic heterocycles. The van der Waals surface area contributed by atoms with Gasteiger partial charge < -0.3 is 4.74 Å². The van der Waals surface area contributed by atoms with Crippen molar-refractivity contribution in [3.63, 3.8) is 0 Å². The topological polar surface area (TPSA) is 9.23 Å². The molecule has 0 radical (unpaired) electrons. The highest BCUT2D eigenvalue weighted by Gasteiger charge is 2.25. The summed E-state index contributed by atoms with van der Waals surface area (Å²) in [5.41, 5.74) is 0.101. The van der Waals surface area contributed by atoms with Crippen molar-refractivity contribution in [1.82, 2.24) is 0 Å². The summed E-state index contributed by atoms with van der Waals surface area (Å²) in [6.45, 7) is -3.06. The Morgan fingerprint density at radius 3 is 1.73 bits per heavy atom. The summed E-state index contributed by atoms with van der Waals surface area (Å²) in [6.07, 6.45) is 0. The average molecular weight is 427 g/mol. The third-order valence-electron chi connectivity index (χ3n) is 2.65. The number of benzene rings is 2. The fraction of sp³-hybridized carbons (Fsp3) is 0.0769. The van der Waals surface area contributed by atoms with Crippen molar-refractivity contribution in [2.24, 2.45) is 0 Å². The lowest BCUT2D eigenvalue weighted by Gasteiger charge is -2.17. The minimum atomic E-state index is -3.06. The number of ether oxygens (including phenoxy) is 1. The highest BCUT2D eigenvalue weighted by Crippen LogP contribution is 2.51. The van der Waals surface area contributed by atoms with Crippen molar-refractivity contribution in [2.75, 3.05) is 0 Å². The molecule has 0 saturated heterocycles. The van der Waals surface area contributed by atoms with E-state index in [1.807, 2.05) is 0 Å². The molecule has 0 spiro atoms. The summed E-state index contributed by atoms with van der Waals surface area (Å²) in [5, 5.41) is -0.269. The highest BCUT2D eigenvalue weighted by atomic mass is 35.5. The Labute approximate surface area is 154 Å². The van der Waals surface area contributed by atoms with E-state index in [1.54, 1.807) is 0 Å². The van der Waals surface area contributed by atoms with Gasteiger partial charge in [-0.25, -0.2) is 0 Å². The second kappa shape index (κ2) is 7.16. The largest absolute Gasteiger partial charge is 0.434 e. The smallest absolute Gasteiger partial charge is 0.387 e. The van der Waals surface area contributed by atoms with Gasteiger partial charge in [-0.15, -0.1) is 0 Å². The van der Waals surface area contributed by atoms with E-state index in [-0.39, 0.29) is 47.0 Å². The number of hydrogen-bond acceptors (Lipinski definition) is 1. The molecule has 118 valence electrons. The zero-order valence-corrected chi connectivity index (χ0v) is 14.8. The van der Waals surface area contributed by atoms with E-state index >= 15 is 0 Å². The standard InChI is InChI=1S/C13H4Cl6F2O/c14-4-2-1-3-5(22-13(20)21)6(4)7-8(15)10(17)12(19)11(18)9(7)16/h1-3,13H. The Bertz CT molecular complexity index is 706. The molecule has 0 aliphatic rings. The molecule has 0 aliphatic carbocycles. The molecule has 9 heteroatoms. The Morgan fingerprint density at radius 2 is 1.23 bits per heavy atom. The van der Waals surface area contributed by atoms with E-state index in [1.165, 1.54) is 18.2 Å². The van der Waals surface area contributed by atoms with Crippen LogP contribution in [0.4, 0.5) is 8.78 Å². The molecule has 22 heavy (non-hydrogen) atoms. The minimum absolute atomic E-state index is 0.0416. The van der Waals surface area contributed by atoms with Crippen molar-refractivity contribution >= 4 is 69.6 Å². The van der Waals surface area contributed by atoms with Crippen LogP contribution in [0.3, 0.4) is 0 Å². The van der Waals surface area contributed by atoms with Crippen LogP contribution >= 0.6 is 69.6 Å². The molecule has 0 bridgehead atoms. The molecule has 0 N–H and O–H groups in total. The Kier molecular flexibility index (Phi) is 5.92. The molecule has 2 rings (SSSR count). The molecule has 0 heterocycles. The van der Waals surface area contributed by atoms with Crippen LogP contribution in [0.1, 0.15) is 0 Å². The normalized spacial score (nSPS) is 11.1. The molecule has 0 amide bonds. The van der Waals surface area contributed by atoms with Gasteiger partial charge in [0, 0.05) is 11.1 Å². The Balaban J connectivity index is 2.83. The van der Waals surface area contributed by atoms with Gasteiger partial charge in [0.2, 0.25) is 0 Å². The lowest BCUT2D eigenvalue weighted by atomic mass is 10.0. The quantitative estimate of drug-likeness (QED) is 0.358. The number of halogens is 8. The lowest BCUT2D eigenvalue weighted by Crippen LogP contribution is -2.03. The first-order valence-electron chi connectivity index (χ1n) is 5.50. The molecule has 0 atom stereocenters. The SMILES string of the molecule is FC(F)Oc1cccc(Cl)c1-c1c(Cl)c(Cl)c(Cl)c(Cl)c1Cl. The van der Waals surface area contributed by atoms with Crippen LogP contribution in [0.25, 0.3) is 11.1 Å². The van der Waals surface area contributed by atoms with Crippen LogP contribution in [-0.4, -0.2) is 6.61 Å². The summed E-state index contributed by atoms with van der Waals surface area (Å²) in [5.74, 6) is -0.222. The van der Waals surface area contributed by atoms with Crippen molar-refractivity contribution in [1.29, 1.82) is 0 Å². The molecule has 2 aromatic carbocycles. The monoisotopic (exact) mass is 424 g/mol. The molecule has 2 aromatic rings. The van der Waals surface area contributed by atoms with Gasteiger partial charge in [-0.1, -0.05) is 75.7 Å². The predicted molar refractivity (Wildman–Crippen MR) is 88.6 cm³/mol. The second-order valence-electron chi connectivity index (χ2n) is 3.94. The van der Waals surface area contributed by atoms with Crippen molar-refractivity contribution < 1.29 is 13.5 Å². The first-order chi connectivity index (χ1) is 10.3. The maximum atomic E-state index is 12.6. The van der Waals surface area contributed by atoms with Crippen molar-refractivity contribution in [3.8, 4) is 16.9 Å². The highest BCUT2D eigenvalue weighted by molar-refractivity contribution is 6.56. The number of rotatable bonds is 3. The zero-order valence-electron chi connectivity index (χ0n) is 10.2. The first kappa shape index (κ1) is 18.2. The van der Waals surface area contributed by atoms with Gasteiger partial charge in [0.1, 0.15) is 5.75 Å². The van der Waals surface area contributed by atoms with Crippen LogP contribution in [0.5, 0.6) is 5.75 Å². The molecule has 0 fully saturated rings. The molecule has 0 unspecified atom stereocenters. The maximum Gasteiger partial charge on any atom is 0.387 e. The van der Waals surface area contributed by atoms with E-state index < -0.39 is 6.61 Å². The van der Waals surface area contributed by atoms with Gasteiger partial charge in [-0.2, -0.15) is 8.78 Å². The van der Waals surface area contributed by atoms with Crippen LogP contribution < -0.4 is 4.74 Å². The number of alkyl halides is 2. The summed E-state index contributed by atoms with van der Waals surface area (Å²) in [4.78, 5) is 0. The summed E-state index contributed by atoms with van der Waals surface area (Å²) >= 11 is 36.2. The molecular weight excluding hydrogens is 423 g/mol. The van der Waals surface area contributed by atoms with E-state index in [2.05, 4.69) is 4.74 Å². The van der Waals surface area contributed by atoms with Crippen LogP contribution in [0.2, 0.25) is 30.1 Å². The fourth-order valence-electron chi connectivity index (χ4n) is 1.77. The van der Waals surface area contributed by atoms with Gasteiger partial charge in [-0.05, 0) is 12.1 Å². The van der Waals surface area contributed by atoms with Gasteiger partial charge in [0.05, 0.1) is 30.1 Å². The van der Waals surface area contributed by atoms with Crippen LogP contribution in [0, 0.1) is 0 Å². The molecular formula is C13H4Cl6F2O. The third kappa shape index (κ3) is 3.35. The molecule has 1 nitrogen and oxygen atoms in total. The van der Waals surface area contributed by atoms with Gasteiger partial charge in [0.15, 0.2) is 0 Å². The summed E-state index contributed by atoms with van der Waals surface area (Å²) in [6, 6.07) is 4.18. The van der Waals surface area contributed by atoms with Gasteiger partial charge >= 0.3 is 6.61 Å². The maximum absolute atomic E-state index is 12.6. The number of hydrogen-bond donors (Lipinski definition) is 0. The van der Waals surface area contributed by atoms with E-state index in [4.69, 9.17) is 69.6 Å². The zero-order chi connectivity index (χ0) is 16.6. The van der Waals surface area contributed by atoms with Crippen LogP contribution in [0.15, 0.2) is 18.2 Å². The van der Waals surface area contributed by atoms with E-state index in [0.717, 1.165) is 0 Å². The van der Waals surface area contributed by atoms with Crippen LogP contribution in [-0.2, 0) is 0 Å². The second-order valence-corrected chi connectivity index (χ2v) is 6.23. The Morgan fingerprint density at radius 1 is 0.727 bits per heavy atom. The lowest BCUT2D eigenvalue weighted by molar-refractivity contribution is -0.0494. The molecule has 0 saturated carbocycles. The Hall–Kier alpha value is -0.160. The van der Waals surface area contributed by atoms with Gasteiger partial charge in [-0.3, -0.25) is 0 Å². The summed E-state index contributed by atoms with van der Waals surface area (Å²) in [7, 11) is 0. The average Bonchev–Trinajstić information content (AvgIpc) is 2.45. The summed E-state index contributed by atoms with van der Waals surface area (Å²) < 4.78 is 29.6. The fourth-order valence-corrected chi connectivity index (χ4v) is 3.35. The van der Waals surface area contributed by atoms with Crippen molar-refractivity contribution in [2.45, 2.75) is 6.61 Å². The first-order valence-corrected chi connectivity index (χ1v) is 7.77. The van der Waals surface area contributed by atoms with Crippen molar-refractivity contribution in [3.05, 3.63) is 48.3 Å². The predicted octanol–water partition coefficient (Wildman–Crippen LogP) is 7.88.